The van der Waals surface area contributed by atoms with Crippen molar-refractivity contribution >= 4 is 11.6 Å². The molecule has 1 unspecified atom stereocenters. The number of piperidine rings is 1. The Morgan fingerprint density at radius 2 is 2.15 bits per heavy atom. The van der Waals surface area contributed by atoms with Gasteiger partial charge in [-0.2, -0.15) is 0 Å². The van der Waals surface area contributed by atoms with Gasteiger partial charge in [-0.3, -0.25) is 9.78 Å². The number of nitrogens with zero attached hydrogens (tertiary/aromatic N) is 2. The fourth-order valence-electron chi connectivity index (χ4n) is 2.40. The van der Waals surface area contributed by atoms with Gasteiger partial charge in [-0.05, 0) is 38.2 Å². The Bertz CT molecular complexity index is 453. The molecule has 1 fully saturated rings. The van der Waals surface area contributed by atoms with Crippen LogP contribution in [0.1, 0.15) is 50.4 Å². The summed E-state index contributed by atoms with van der Waals surface area (Å²) in [4.78, 5) is 18.7. The minimum atomic E-state index is -0.0286. The Balaban J connectivity index is 2.06. The summed E-state index contributed by atoms with van der Waals surface area (Å²) in [5.74, 6) is 0.773. The summed E-state index contributed by atoms with van der Waals surface area (Å²) in [5.41, 5.74) is 1.72. The van der Waals surface area contributed by atoms with Crippen molar-refractivity contribution in [2.75, 3.05) is 18.0 Å². The average Bonchev–Trinajstić information content (AvgIpc) is 2.48. The molecule has 4 heteroatoms. The summed E-state index contributed by atoms with van der Waals surface area (Å²) < 4.78 is 0. The summed E-state index contributed by atoms with van der Waals surface area (Å²) in [5, 5.41) is 2.99. The van der Waals surface area contributed by atoms with Gasteiger partial charge in [-0.15, -0.1) is 0 Å². The third-order valence-electron chi connectivity index (χ3n) is 4.12. The van der Waals surface area contributed by atoms with Crippen LogP contribution >= 0.6 is 0 Å². The van der Waals surface area contributed by atoms with Crippen LogP contribution in [0.15, 0.2) is 18.5 Å². The predicted octanol–water partition coefficient (Wildman–Crippen LogP) is 2.85. The van der Waals surface area contributed by atoms with Gasteiger partial charge in [0.25, 0.3) is 5.91 Å². The molecule has 1 N–H and O–H groups in total. The van der Waals surface area contributed by atoms with E-state index in [0.717, 1.165) is 31.1 Å². The van der Waals surface area contributed by atoms with Crippen LogP contribution in [-0.4, -0.2) is 30.0 Å². The van der Waals surface area contributed by atoms with Crippen LogP contribution in [-0.2, 0) is 0 Å². The molecule has 1 aromatic heterocycles. The van der Waals surface area contributed by atoms with E-state index in [1.54, 1.807) is 6.20 Å². The van der Waals surface area contributed by atoms with Crippen LogP contribution in [0.5, 0.6) is 0 Å². The lowest BCUT2D eigenvalue weighted by Gasteiger charge is -2.32. The largest absolute Gasteiger partial charge is 0.370 e. The Morgan fingerprint density at radius 1 is 1.45 bits per heavy atom. The van der Waals surface area contributed by atoms with E-state index >= 15 is 0 Å². The standard InChI is InChI=1S/C16H25N3O/c1-4-13(3)18-16(20)14-9-15(11-17-10-14)19-7-5-12(2)6-8-19/h9-13H,4-8H2,1-3H3,(H,18,20). The number of nitrogens with one attached hydrogen (secondary N) is 1. The number of hydrogen-bond donors (Lipinski definition) is 1. The molecule has 20 heavy (non-hydrogen) atoms. The monoisotopic (exact) mass is 275 g/mol. The van der Waals surface area contributed by atoms with Crippen molar-refractivity contribution in [3.05, 3.63) is 24.0 Å². The number of hydrogen-bond acceptors (Lipinski definition) is 3. The minimum absolute atomic E-state index is 0.0286. The molecule has 1 aliphatic heterocycles. The number of carbonyl (C=O) groups excluding carboxylic acids is 1. The molecule has 1 amide bonds. The lowest BCUT2D eigenvalue weighted by Crippen LogP contribution is -2.34. The number of pyridine rings is 1. The van der Waals surface area contributed by atoms with E-state index in [0.29, 0.717) is 5.56 Å². The second-order valence-corrected chi connectivity index (χ2v) is 5.88. The highest BCUT2D eigenvalue weighted by atomic mass is 16.1. The zero-order chi connectivity index (χ0) is 14.5. The van der Waals surface area contributed by atoms with E-state index in [1.807, 2.05) is 19.2 Å². The molecule has 0 spiro atoms. The minimum Gasteiger partial charge on any atom is -0.370 e. The quantitative estimate of drug-likeness (QED) is 0.919. The van der Waals surface area contributed by atoms with Crippen molar-refractivity contribution in [2.45, 2.75) is 46.1 Å². The van der Waals surface area contributed by atoms with Crippen LogP contribution in [0.3, 0.4) is 0 Å². The van der Waals surface area contributed by atoms with E-state index in [2.05, 4.69) is 29.0 Å². The van der Waals surface area contributed by atoms with E-state index in [-0.39, 0.29) is 11.9 Å². The van der Waals surface area contributed by atoms with Crippen molar-refractivity contribution in [2.24, 2.45) is 5.92 Å². The Morgan fingerprint density at radius 3 is 2.80 bits per heavy atom. The van der Waals surface area contributed by atoms with Gasteiger partial charge in [0, 0.05) is 25.3 Å². The summed E-state index contributed by atoms with van der Waals surface area (Å²) >= 11 is 0. The van der Waals surface area contributed by atoms with Crippen LogP contribution in [0, 0.1) is 5.92 Å². The van der Waals surface area contributed by atoms with Gasteiger partial charge < -0.3 is 10.2 Å². The molecule has 0 bridgehead atoms. The van der Waals surface area contributed by atoms with E-state index in [1.165, 1.54) is 12.8 Å². The van der Waals surface area contributed by atoms with Crippen LogP contribution < -0.4 is 10.2 Å². The normalized spacial score (nSPS) is 17.9. The van der Waals surface area contributed by atoms with Gasteiger partial charge in [0.1, 0.15) is 0 Å². The first-order valence-electron chi connectivity index (χ1n) is 7.61. The maximum absolute atomic E-state index is 12.1. The maximum Gasteiger partial charge on any atom is 0.253 e. The third-order valence-corrected chi connectivity index (χ3v) is 4.12. The molecule has 0 aromatic carbocycles. The number of anilines is 1. The molecule has 110 valence electrons. The van der Waals surface area contributed by atoms with Crippen molar-refractivity contribution < 1.29 is 4.79 Å². The molecule has 1 saturated heterocycles. The molecule has 2 heterocycles. The van der Waals surface area contributed by atoms with Crippen molar-refractivity contribution in [3.63, 3.8) is 0 Å². The van der Waals surface area contributed by atoms with E-state index in [9.17, 15) is 4.79 Å². The van der Waals surface area contributed by atoms with E-state index in [4.69, 9.17) is 0 Å². The summed E-state index contributed by atoms with van der Waals surface area (Å²) in [6.45, 7) is 8.49. The van der Waals surface area contributed by atoms with Gasteiger partial charge in [-0.25, -0.2) is 0 Å². The highest BCUT2D eigenvalue weighted by Gasteiger charge is 2.17. The number of rotatable bonds is 4. The maximum atomic E-state index is 12.1. The number of carbonyl (C=O) groups is 1. The molecule has 0 aliphatic carbocycles. The average molecular weight is 275 g/mol. The lowest BCUT2D eigenvalue weighted by molar-refractivity contribution is 0.0939. The fourth-order valence-corrected chi connectivity index (χ4v) is 2.40. The second kappa shape index (κ2) is 6.73. The highest BCUT2D eigenvalue weighted by molar-refractivity contribution is 5.94. The highest BCUT2D eigenvalue weighted by Crippen LogP contribution is 2.22. The summed E-state index contributed by atoms with van der Waals surface area (Å²) in [6, 6.07) is 2.16. The molecule has 1 aromatic rings. The van der Waals surface area contributed by atoms with Crippen molar-refractivity contribution in [1.29, 1.82) is 0 Å². The Hall–Kier alpha value is -1.58. The third kappa shape index (κ3) is 3.71. The summed E-state index contributed by atoms with van der Waals surface area (Å²) in [6.07, 6.45) is 6.86. The van der Waals surface area contributed by atoms with Gasteiger partial charge in [0.05, 0.1) is 17.4 Å². The first-order valence-corrected chi connectivity index (χ1v) is 7.61. The van der Waals surface area contributed by atoms with Gasteiger partial charge in [0.15, 0.2) is 0 Å². The van der Waals surface area contributed by atoms with Crippen LogP contribution in [0.2, 0.25) is 0 Å². The fraction of sp³-hybridized carbons (Fsp3) is 0.625. The van der Waals surface area contributed by atoms with Crippen molar-refractivity contribution in [3.8, 4) is 0 Å². The molecule has 4 nitrogen and oxygen atoms in total. The number of amides is 1. The zero-order valence-electron chi connectivity index (χ0n) is 12.7. The molecule has 1 atom stereocenters. The van der Waals surface area contributed by atoms with Crippen LogP contribution in [0.4, 0.5) is 5.69 Å². The Labute approximate surface area is 121 Å². The van der Waals surface area contributed by atoms with Gasteiger partial charge in [-0.1, -0.05) is 13.8 Å². The zero-order valence-corrected chi connectivity index (χ0v) is 12.7. The second-order valence-electron chi connectivity index (χ2n) is 5.88. The topological polar surface area (TPSA) is 45.2 Å². The van der Waals surface area contributed by atoms with Crippen LogP contribution in [0.25, 0.3) is 0 Å². The molecule has 1 aliphatic rings. The first kappa shape index (κ1) is 14.8. The molecular weight excluding hydrogens is 250 g/mol. The molecule has 0 radical (unpaired) electrons. The number of aromatic nitrogens is 1. The van der Waals surface area contributed by atoms with Gasteiger partial charge >= 0.3 is 0 Å². The predicted molar refractivity (Wildman–Crippen MR) is 82.1 cm³/mol. The lowest BCUT2D eigenvalue weighted by atomic mass is 9.99. The first-order chi connectivity index (χ1) is 9.60. The summed E-state index contributed by atoms with van der Waals surface area (Å²) in [7, 11) is 0. The van der Waals surface area contributed by atoms with Gasteiger partial charge in [0.2, 0.25) is 0 Å². The molecule has 0 saturated carbocycles. The molecular formula is C16H25N3O. The molecule has 2 rings (SSSR count). The SMILES string of the molecule is CCC(C)NC(=O)c1cncc(N2CCC(C)CC2)c1. The Kier molecular flexibility index (Phi) is 4.99. The smallest absolute Gasteiger partial charge is 0.253 e. The van der Waals surface area contributed by atoms with Crippen molar-refractivity contribution in [1.82, 2.24) is 10.3 Å². The van der Waals surface area contributed by atoms with E-state index < -0.39 is 0 Å².